The van der Waals surface area contributed by atoms with Crippen LogP contribution in [0, 0.1) is 5.92 Å². The largest absolute Gasteiger partial charge is 0.383 e. The molecule has 1 fully saturated rings. The van der Waals surface area contributed by atoms with Crippen LogP contribution in [0.1, 0.15) is 30.9 Å². The minimum Gasteiger partial charge on any atom is -0.383 e. The van der Waals surface area contributed by atoms with Crippen molar-refractivity contribution in [3.8, 4) is 0 Å². The fourth-order valence-corrected chi connectivity index (χ4v) is 2.89. The van der Waals surface area contributed by atoms with Crippen LogP contribution in [-0.2, 0) is 22.6 Å². The van der Waals surface area contributed by atoms with Crippen LogP contribution in [-0.4, -0.2) is 43.7 Å². The maximum Gasteiger partial charge on any atom is 0.239 e. The molecule has 1 atom stereocenters. The Morgan fingerprint density at radius 2 is 1.96 bits per heavy atom. The van der Waals surface area contributed by atoms with Crippen molar-refractivity contribution in [2.45, 2.75) is 38.9 Å². The predicted molar refractivity (Wildman–Crippen MR) is 106 cm³/mol. The number of methoxy groups -OCH3 is 1. The summed E-state index contributed by atoms with van der Waals surface area (Å²) in [4.78, 5) is 14.3. The van der Waals surface area contributed by atoms with Crippen LogP contribution in [0.25, 0.3) is 0 Å². The molecule has 1 heterocycles. The van der Waals surface area contributed by atoms with Gasteiger partial charge in [-0.25, -0.2) is 0 Å². The van der Waals surface area contributed by atoms with Gasteiger partial charge in [-0.05, 0) is 43.0 Å². The second-order valence-electron chi connectivity index (χ2n) is 6.56. The summed E-state index contributed by atoms with van der Waals surface area (Å²) >= 11 is 0. The SMILES string of the molecule is COCC(N)C(=O)NCc1cccc(CN2CCC(C)CC2)c1.Cl.Cl. The molecule has 0 aromatic heterocycles. The van der Waals surface area contributed by atoms with E-state index in [2.05, 4.69) is 35.3 Å². The van der Waals surface area contributed by atoms with E-state index in [0.717, 1.165) is 18.0 Å². The van der Waals surface area contributed by atoms with Crippen molar-refractivity contribution in [2.24, 2.45) is 11.7 Å². The van der Waals surface area contributed by atoms with Crippen molar-refractivity contribution in [1.29, 1.82) is 0 Å². The zero-order valence-corrected chi connectivity index (χ0v) is 16.7. The second kappa shape index (κ2) is 12.5. The molecule has 1 aliphatic heterocycles. The Morgan fingerprint density at radius 3 is 2.60 bits per heavy atom. The summed E-state index contributed by atoms with van der Waals surface area (Å²) in [7, 11) is 1.54. The van der Waals surface area contributed by atoms with Crippen molar-refractivity contribution in [3.63, 3.8) is 0 Å². The van der Waals surface area contributed by atoms with Gasteiger partial charge >= 0.3 is 0 Å². The number of rotatable bonds is 7. The third kappa shape index (κ3) is 8.38. The Bertz CT molecular complexity index is 509. The summed E-state index contributed by atoms with van der Waals surface area (Å²) < 4.78 is 4.90. The Morgan fingerprint density at radius 1 is 1.32 bits per heavy atom. The molecule has 0 aliphatic carbocycles. The number of carbonyl (C=O) groups is 1. The van der Waals surface area contributed by atoms with Crippen LogP contribution in [0.5, 0.6) is 0 Å². The zero-order valence-electron chi connectivity index (χ0n) is 15.1. The van der Waals surface area contributed by atoms with Crippen LogP contribution in [0.4, 0.5) is 0 Å². The molecule has 1 aromatic rings. The van der Waals surface area contributed by atoms with E-state index in [9.17, 15) is 4.79 Å². The normalized spacial score (nSPS) is 16.4. The first kappa shape index (κ1) is 24.1. The molecule has 0 spiro atoms. The summed E-state index contributed by atoms with van der Waals surface area (Å²) in [5.74, 6) is 0.673. The summed E-state index contributed by atoms with van der Waals surface area (Å²) in [6.07, 6.45) is 2.57. The lowest BCUT2D eigenvalue weighted by Gasteiger charge is -2.30. The maximum atomic E-state index is 11.8. The lowest BCUT2D eigenvalue weighted by atomic mass is 9.98. The summed E-state index contributed by atoms with van der Waals surface area (Å²) in [5.41, 5.74) is 8.11. The molecule has 1 aliphatic rings. The minimum atomic E-state index is -0.612. The molecule has 1 aromatic carbocycles. The van der Waals surface area contributed by atoms with E-state index in [4.69, 9.17) is 10.5 Å². The molecule has 25 heavy (non-hydrogen) atoms. The number of amides is 1. The first-order valence-corrected chi connectivity index (χ1v) is 8.41. The van der Waals surface area contributed by atoms with E-state index in [-0.39, 0.29) is 37.3 Å². The number of nitrogens with two attached hydrogens (primary N) is 1. The molecule has 0 bridgehead atoms. The van der Waals surface area contributed by atoms with Gasteiger partial charge in [0.2, 0.25) is 5.91 Å². The number of benzene rings is 1. The van der Waals surface area contributed by atoms with Crippen molar-refractivity contribution < 1.29 is 9.53 Å². The molecule has 7 heteroatoms. The number of hydrogen-bond donors (Lipinski definition) is 2. The number of piperidine rings is 1. The molecule has 144 valence electrons. The highest BCUT2D eigenvalue weighted by Gasteiger charge is 2.16. The summed E-state index contributed by atoms with van der Waals surface area (Å²) in [6.45, 7) is 6.40. The van der Waals surface area contributed by atoms with Crippen LogP contribution in [0.2, 0.25) is 0 Å². The Kier molecular flexibility index (Phi) is 12.1. The molecule has 1 unspecified atom stereocenters. The lowest BCUT2D eigenvalue weighted by Crippen LogP contribution is -2.43. The van der Waals surface area contributed by atoms with Gasteiger partial charge in [0.1, 0.15) is 6.04 Å². The fourth-order valence-electron chi connectivity index (χ4n) is 2.89. The van der Waals surface area contributed by atoms with Gasteiger partial charge in [-0.3, -0.25) is 9.69 Å². The lowest BCUT2D eigenvalue weighted by molar-refractivity contribution is -0.123. The van der Waals surface area contributed by atoms with Crippen LogP contribution < -0.4 is 11.1 Å². The first-order chi connectivity index (χ1) is 11.1. The number of halogens is 2. The van der Waals surface area contributed by atoms with Crippen LogP contribution in [0.15, 0.2) is 24.3 Å². The van der Waals surface area contributed by atoms with Gasteiger partial charge in [-0.1, -0.05) is 31.2 Å². The standard InChI is InChI=1S/C18H29N3O2.2ClH/c1-14-6-8-21(9-7-14)12-16-5-3-4-15(10-16)11-20-18(22)17(19)13-23-2;;/h3-5,10,14,17H,6-9,11-13,19H2,1-2H3,(H,20,22);2*1H. The molecule has 5 nitrogen and oxygen atoms in total. The molecular formula is C18H31Cl2N3O2. The molecule has 1 amide bonds. The number of likely N-dealkylation sites (tertiary alicyclic amines) is 1. The van der Waals surface area contributed by atoms with Gasteiger partial charge in [-0.2, -0.15) is 0 Å². The predicted octanol–water partition coefficient (Wildman–Crippen LogP) is 2.35. The number of ether oxygens (including phenoxy) is 1. The second-order valence-corrected chi connectivity index (χ2v) is 6.56. The Hall–Kier alpha value is -0.850. The van der Waals surface area contributed by atoms with E-state index in [1.165, 1.54) is 38.6 Å². The average molecular weight is 392 g/mol. The van der Waals surface area contributed by atoms with E-state index in [1.54, 1.807) is 0 Å². The molecule has 0 saturated carbocycles. The molecule has 2 rings (SSSR count). The summed E-state index contributed by atoms with van der Waals surface area (Å²) in [6, 6.07) is 7.79. The Balaban J connectivity index is 0.00000288. The van der Waals surface area contributed by atoms with Gasteiger partial charge in [0, 0.05) is 20.2 Å². The van der Waals surface area contributed by atoms with Gasteiger partial charge in [-0.15, -0.1) is 24.8 Å². The third-order valence-corrected chi connectivity index (χ3v) is 4.42. The molecule has 1 saturated heterocycles. The third-order valence-electron chi connectivity index (χ3n) is 4.42. The van der Waals surface area contributed by atoms with Gasteiger partial charge < -0.3 is 15.8 Å². The van der Waals surface area contributed by atoms with Crippen molar-refractivity contribution in [3.05, 3.63) is 35.4 Å². The van der Waals surface area contributed by atoms with Crippen LogP contribution >= 0.6 is 24.8 Å². The van der Waals surface area contributed by atoms with E-state index >= 15 is 0 Å². The van der Waals surface area contributed by atoms with E-state index in [0.29, 0.717) is 6.54 Å². The first-order valence-electron chi connectivity index (χ1n) is 8.41. The Labute approximate surface area is 163 Å². The highest BCUT2D eigenvalue weighted by molar-refractivity contribution is 5.85. The molecular weight excluding hydrogens is 361 g/mol. The van der Waals surface area contributed by atoms with Gasteiger partial charge in [0.25, 0.3) is 0 Å². The molecule has 3 N–H and O–H groups in total. The van der Waals surface area contributed by atoms with Gasteiger partial charge in [0.15, 0.2) is 0 Å². The topological polar surface area (TPSA) is 67.6 Å². The van der Waals surface area contributed by atoms with Crippen molar-refractivity contribution in [1.82, 2.24) is 10.2 Å². The summed E-state index contributed by atoms with van der Waals surface area (Å²) in [5, 5.41) is 2.86. The fraction of sp³-hybridized carbons (Fsp3) is 0.611. The smallest absolute Gasteiger partial charge is 0.239 e. The number of nitrogens with one attached hydrogen (secondary N) is 1. The van der Waals surface area contributed by atoms with Crippen LogP contribution in [0.3, 0.4) is 0 Å². The van der Waals surface area contributed by atoms with Crippen molar-refractivity contribution in [2.75, 3.05) is 26.8 Å². The average Bonchev–Trinajstić information content (AvgIpc) is 2.55. The maximum absolute atomic E-state index is 11.8. The minimum absolute atomic E-state index is 0. The quantitative estimate of drug-likeness (QED) is 0.748. The number of nitrogens with zero attached hydrogens (tertiary/aromatic N) is 1. The monoisotopic (exact) mass is 391 g/mol. The number of carbonyl (C=O) groups excluding carboxylic acids is 1. The molecule has 0 radical (unpaired) electrons. The highest BCUT2D eigenvalue weighted by Crippen LogP contribution is 2.18. The van der Waals surface area contributed by atoms with E-state index in [1.807, 2.05) is 6.07 Å². The van der Waals surface area contributed by atoms with Gasteiger partial charge in [0.05, 0.1) is 6.61 Å². The highest BCUT2D eigenvalue weighted by atomic mass is 35.5. The zero-order chi connectivity index (χ0) is 16.7. The van der Waals surface area contributed by atoms with Crippen molar-refractivity contribution >= 4 is 30.7 Å². The number of hydrogen-bond acceptors (Lipinski definition) is 4. The van der Waals surface area contributed by atoms with E-state index < -0.39 is 6.04 Å².